The molecule has 0 bridgehead atoms. The van der Waals surface area contributed by atoms with Gasteiger partial charge in [-0.25, -0.2) is 13.8 Å². The van der Waals surface area contributed by atoms with E-state index in [2.05, 4.69) is 20.1 Å². The van der Waals surface area contributed by atoms with E-state index in [0.29, 0.717) is 44.9 Å². The average Bonchev–Trinajstić information content (AvgIpc) is 2.99. The van der Waals surface area contributed by atoms with Gasteiger partial charge in [-0.1, -0.05) is 11.6 Å². The molecule has 3 aromatic rings. The minimum Gasteiger partial charge on any atom is -0.323 e. The Balaban J connectivity index is 1.93. The number of benzene rings is 1. The van der Waals surface area contributed by atoms with E-state index in [4.69, 9.17) is 17.4 Å². The van der Waals surface area contributed by atoms with Crippen molar-refractivity contribution in [3.05, 3.63) is 35.2 Å². The summed E-state index contributed by atoms with van der Waals surface area (Å²) >= 11 is 6.14. The van der Waals surface area contributed by atoms with Crippen molar-refractivity contribution in [2.45, 2.75) is 38.3 Å². The van der Waals surface area contributed by atoms with E-state index in [-0.39, 0.29) is 13.0 Å². The molecule has 2 aromatic heterocycles. The van der Waals surface area contributed by atoms with Crippen LogP contribution in [0.4, 0.5) is 8.78 Å². The van der Waals surface area contributed by atoms with Gasteiger partial charge < -0.3 is 10.4 Å². The third-order valence-corrected chi connectivity index (χ3v) is 5.05. The number of imidazole rings is 1. The second kappa shape index (κ2) is 6.53. The Morgan fingerprint density at radius 2 is 2.26 bits per heavy atom. The van der Waals surface area contributed by atoms with Gasteiger partial charge in [0.25, 0.3) is 5.92 Å². The predicted molar refractivity (Wildman–Crippen MR) is 103 cm³/mol. The molecule has 2 heterocycles. The van der Waals surface area contributed by atoms with Crippen molar-refractivity contribution < 1.29 is 8.78 Å². The quantitative estimate of drug-likeness (QED) is 0.413. The van der Waals surface area contributed by atoms with E-state index >= 15 is 0 Å². The molecule has 1 aliphatic carbocycles. The molecule has 140 valence electrons. The lowest BCUT2D eigenvalue weighted by atomic mass is 9.87. The largest absolute Gasteiger partial charge is 0.323 e. The average molecular weight is 391 g/mol. The molecule has 1 atom stereocenters. The van der Waals surface area contributed by atoms with Crippen LogP contribution in [-0.4, -0.2) is 32.4 Å². The number of halogens is 3. The summed E-state index contributed by atoms with van der Waals surface area (Å²) in [4.78, 5) is 13.1. The molecule has 1 fully saturated rings. The summed E-state index contributed by atoms with van der Waals surface area (Å²) in [7, 11) is 0. The molecular weight excluding hydrogens is 374 g/mol. The fourth-order valence-electron chi connectivity index (χ4n) is 3.35. The number of pyridine rings is 1. The third-order valence-electron chi connectivity index (χ3n) is 4.82. The maximum absolute atomic E-state index is 14.3. The SMILES string of the molecule is CC(C=NCc1nc2cnc3ccc(Cl)cc3c2n1C1CCC1(F)F)=NN. The number of nitrogens with zero attached hydrogens (tertiary/aromatic N) is 5. The minimum absolute atomic E-state index is 0.135. The zero-order valence-electron chi connectivity index (χ0n) is 14.5. The van der Waals surface area contributed by atoms with Crippen molar-refractivity contribution in [1.82, 2.24) is 14.5 Å². The summed E-state index contributed by atoms with van der Waals surface area (Å²) in [6.45, 7) is 1.84. The summed E-state index contributed by atoms with van der Waals surface area (Å²) in [5.41, 5.74) is 2.37. The Labute approximate surface area is 158 Å². The standard InChI is InChI=1S/C18H17ClF2N6/c1-10(26-22)7-23-9-16-25-14-8-24-13-3-2-11(19)6-12(13)17(14)27(16)15-4-5-18(15,20)21/h2-3,6-8,15H,4-5,9,22H2,1H3. The zero-order chi connectivity index (χ0) is 19.2. The molecule has 1 unspecified atom stereocenters. The molecule has 0 spiro atoms. The lowest BCUT2D eigenvalue weighted by molar-refractivity contribution is -0.122. The Kier molecular flexibility index (Phi) is 4.30. The lowest BCUT2D eigenvalue weighted by Gasteiger charge is -2.38. The molecule has 1 saturated carbocycles. The maximum atomic E-state index is 14.3. The van der Waals surface area contributed by atoms with Gasteiger partial charge in [0.1, 0.15) is 11.3 Å². The summed E-state index contributed by atoms with van der Waals surface area (Å²) < 4.78 is 30.2. The highest BCUT2D eigenvalue weighted by Gasteiger charge is 2.50. The first-order valence-corrected chi connectivity index (χ1v) is 8.85. The van der Waals surface area contributed by atoms with E-state index in [0.717, 1.165) is 0 Å². The zero-order valence-corrected chi connectivity index (χ0v) is 15.3. The molecule has 0 saturated heterocycles. The normalized spacial score (nSPS) is 19.9. The van der Waals surface area contributed by atoms with Crippen LogP contribution in [0.25, 0.3) is 21.9 Å². The second-order valence-corrected chi connectivity index (χ2v) is 7.04. The fraction of sp³-hybridized carbons (Fsp3) is 0.333. The number of nitrogens with two attached hydrogens (primary N) is 1. The van der Waals surface area contributed by atoms with E-state index in [1.807, 2.05) is 0 Å². The molecule has 0 radical (unpaired) electrons. The van der Waals surface area contributed by atoms with E-state index in [1.165, 1.54) is 6.21 Å². The number of aromatic nitrogens is 3. The highest BCUT2D eigenvalue weighted by atomic mass is 35.5. The van der Waals surface area contributed by atoms with Crippen molar-refractivity contribution in [2.75, 3.05) is 0 Å². The first-order valence-electron chi connectivity index (χ1n) is 8.48. The molecule has 4 rings (SSSR count). The first kappa shape index (κ1) is 17.8. The third kappa shape index (κ3) is 3.03. The van der Waals surface area contributed by atoms with Crippen molar-refractivity contribution in [1.29, 1.82) is 0 Å². The van der Waals surface area contributed by atoms with E-state index in [1.54, 1.807) is 35.9 Å². The monoisotopic (exact) mass is 390 g/mol. The van der Waals surface area contributed by atoms with Gasteiger partial charge in [0, 0.05) is 23.0 Å². The molecule has 27 heavy (non-hydrogen) atoms. The van der Waals surface area contributed by atoms with Crippen LogP contribution in [0.2, 0.25) is 5.02 Å². The van der Waals surface area contributed by atoms with Crippen LogP contribution in [-0.2, 0) is 6.54 Å². The van der Waals surface area contributed by atoms with Crippen molar-refractivity contribution >= 4 is 45.5 Å². The number of alkyl halides is 2. The summed E-state index contributed by atoms with van der Waals surface area (Å²) in [6.07, 6.45) is 3.33. The van der Waals surface area contributed by atoms with Gasteiger partial charge in [0.15, 0.2) is 0 Å². The van der Waals surface area contributed by atoms with Crippen LogP contribution >= 0.6 is 11.6 Å². The van der Waals surface area contributed by atoms with Crippen molar-refractivity contribution in [3.63, 3.8) is 0 Å². The van der Waals surface area contributed by atoms with Gasteiger partial charge in [-0.3, -0.25) is 9.98 Å². The number of rotatable bonds is 4. The van der Waals surface area contributed by atoms with E-state index < -0.39 is 12.0 Å². The minimum atomic E-state index is -2.78. The van der Waals surface area contributed by atoms with Gasteiger partial charge in [-0.15, -0.1) is 0 Å². The number of hydrogen-bond donors (Lipinski definition) is 1. The molecule has 6 nitrogen and oxygen atoms in total. The first-order chi connectivity index (χ1) is 12.9. The van der Waals surface area contributed by atoms with Crippen LogP contribution in [0, 0.1) is 0 Å². The highest BCUT2D eigenvalue weighted by molar-refractivity contribution is 6.31. The summed E-state index contributed by atoms with van der Waals surface area (Å²) in [5.74, 6) is 2.86. The molecule has 0 aliphatic heterocycles. The van der Waals surface area contributed by atoms with E-state index in [9.17, 15) is 8.78 Å². The number of hydrazone groups is 1. The summed E-state index contributed by atoms with van der Waals surface area (Å²) in [6, 6.07) is 4.27. The van der Waals surface area contributed by atoms with Crippen molar-refractivity contribution in [3.8, 4) is 0 Å². The smallest absolute Gasteiger partial charge is 0.268 e. The van der Waals surface area contributed by atoms with Crippen LogP contribution < -0.4 is 5.84 Å². The Morgan fingerprint density at radius 3 is 2.93 bits per heavy atom. The highest BCUT2D eigenvalue weighted by Crippen LogP contribution is 2.49. The summed E-state index contributed by atoms with van der Waals surface area (Å²) in [5, 5.41) is 4.73. The van der Waals surface area contributed by atoms with Gasteiger partial charge in [-0.2, -0.15) is 5.10 Å². The van der Waals surface area contributed by atoms with Crippen LogP contribution in [0.3, 0.4) is 0 Å². The molecule has 1 aliphatic rings. The Hall–Kier alpha value is -2.61. The van der Waals surface area contributed by atoms with Crippen molar-refractivity contribution in [2.24, 2.45) is 15.9 Å². The fourth-order valence-corrected chi connectivity index (χ4v) is 3.52. The van der Waals surface area contributed by atoms with Crippen LogP contribution in [0.5, 0.6) is 0 Å². The number of fused-ring (bicyclic) bond motifs is 3. The number of aliphatic imine (C=N–C) groups is 1. The van der Waals surface area contributed by atoms with Gasteiger partial charge in [0.05, 0.1) is 35.5 Å². The van der Waals surface area contributed by atoms with Gasteiger partial charge >= 0.3 is 0 Å². The number of hydrogen-bond acceptors (Lipinski definition) is 5. The Bertz CT molecular complexity index is 1090. The lowest BCUT2D eigenvalue weighted by Crippen LogP contribution is -2.41. The molecule has 1 aromatic carbocycles. The molecule has 0 amide bonds. The second-order valence-electron chi connectivity index (χ2n) is 6.61. The van der Waals surface area contributed by atoms with Gasteiger partial charge in [0.2, 0.25) is 0 Å². The predicted octanol–water partition coefficient (Wildman–Crippen LogP) is 4.11. The molecular formula is C18H17ClF2N6. The van der Waals surface area contributed by atoms with Crippen LogP contribution in [0.15, 0.2) is 34.5 Å². The Morgan fingerprint density at radius 1 is 1.44 bits per heavy atom. The van der Waals surface area contributed by atoms with Gasteiger partial charge in [-0.05, 0) is 31.5 Å². The maximum Gasteiger partial charge on any atom is 0.268 e. The molecule has 2 N–H and O–H groups in total. The topological polar surface area (TPSA) is 81.5 Å². The van der Waals surface area contributed by atoms with Crippen LogP contribution in [0.1, 0.15) is 31.6 Å². The molecule has 9 heteroatoms.